The van der Waals surface area contributed by atoms with Gasteiger partial charge in [0, 0.05) is 22.7 Å². The largest absolute Gasteiger partial charge is 0.494 e. The summed E-state index contributed by atoms with van der Waals surface area (Å²) in [4.78, 5) is 37.0. The van der Waals surface area contributed by atoms with Crippen molar-refractivity contribution in [3.05, 3.63) is 59.7 Å². The summed E-state index contributed by atoms with van der Waals surface area (Å²) in [5.74, 6) is -0.197. The fourth-order valence-corrected chi connectivity index (χ4v) is 3.74. The van der Waals surface area contributed by atoms with E-state index < -0.39 is 11.8 Å². The van der Waals surface area contributed by atoms with Gasteiger partial charge in [-0.05, 0) is 74.4 Å². The molecule has 0 unspecified atom stereocenters. The van der Waals surface area contributed by atoms with Crippen LogP contribution in [0.3, 0.4) is 0 Å². The molecule has 8 nitrogen and oxygen atoms in total. The fourth-order valence-electron chi connectivity index (χ4n) is 3.60. The standard InChI is InChI=1S/C24H28N4O4S/c1-2-32-20-10-6-9-18(15-20)22(30)26-24(33)28-27-23(31)17-11-13-19(14-12-17)25-21(29)16-7-4-3-5-8-16/h6,9-16H,2-5,7-8H2,1H3,(H,25,29)(H,27,31)(H2,26,28,30,33). The van der Waals surface area contributed by atoms with Gasteiger partial charge in [0.1, 0.15) is 5.75 Å². The summed E-state index contributed by atoms with van der Waals surface area (Å²) in [5.41, 5.74) is 6.35. The molecule has 2 aromatic rings. The molecule has 0 spiro atoms. The van der Waals surface area contributed by atoms with E-state index in [9.17, 15) is 14.4 Å². The maximum absolute atomic E-state index is 12.4. The summed E-state index contributed by atoms with van der Waals surface area (Å²) in [6, 6.07) is 13.3. The Bertz CT molecular complexity index is 1000. The molecule has 0 saturated heterocycles. The predicted octanol–water partition coefficient (Wildman–Crippen LogP) is 3.55. The zero-order valence-electron chi connectivity index (χ0n) is 18.5. The Kier molecular flexibility index (Phi) is 8.77. The molecule has 0 bridgehead atoms. The van der Waals surface area contributed by atoms with E-state index >= 15 is 0 Å². The zero-order valence-corrected chi connectivity index (χ0v) is 19.3. The molecule has 1 aliphatic carbocycles. The van der Waals surface area contributed by atoms with E-state index in [4.69, 9.17) is 17.0 Å². The zero-order chi connectivity index (χ0) is 23.6. The molecular weight excluding hydrogens is 440 g/mol. The topological polar surface area (TPSA) is 109 Å². The lowest BCUT2D eigenvalue weighted by molar-refractivity contribution is -0.120. The SMILES string of the molecule is CCOc1cccc(C(=O)NC(=S)NNC(=O)c2ccc(NC(=O)C3CCCCC3)cc2)c1. The van der Waals surface area contributed by atoms with E-state index in [1.807, 2.05) is 6.92 Å². The van der Waals surface area contributed by atoms with Crippen LogP contribution in [0, 0.1) is 5.92 Å². The number of carbonyl (C=O) groups is 3. The van der Waals surface area contributed by atoms with Gasteiger partial charge >= 0.3 is 0 Å². The molecule has 0 radical (unpaired) electrons. The second-order valence-electron chi connectivity index (χ2n) is 7.72. The molecule has 33 heavy (non-hydrogen) atoms. The maximum Gasteiger partial charge on any atom is 0.269 e. The van der Waals surface area contributed by atoms with Crippen molar-refractivity contribution in [3.8, 4) is 5.75 Å². The minimum Gasteiger partial charge on any atom is -0.494 e. The molecule has 1 saturated carbocycles. The fraction of sp³-hybridized carbons (Fsp3) is 0.333. The van der Waals surface area contributed by atoms with Crippen LogP contribution in [0.5, 0.6) is 5.75 Å². The Hall–Kier alpha value is -3.46. The van der Waals surface area contributed by atoms with Gasteiger partial charge in [0.05, 0.1) is 6.61 Å². The molecule has 174 valence electrons. The van der Waals surface area contributed by atoms with Gasteiger partial charge in [-0.3, -0.25) is 30.6 Å². The number of hydrazine groups is 1. The second kappa shape index (κ2) is 12.0. The van der Waals surface area contributed by atoms with Gasteiger partial charge in [-0.15, -0.1) is 0 Å². The van der Waals surface area contributed by atoms with E-state index in [2.05, 4.69) is 21.5 Å². The summed E-state index contributed by atoms with van der Waals surface area (Å²) in [6.07, 6.45) is 5.22. The van der Waals surface area contributed by atoms with Crippen LogP contribution in [0.25, 0.3) is 0 Å². The quantitative estimate of drug-likeness (QED) is 0.381. The highest BCUT2D eigenvalue weighted by molar-refractivity contribution is 7.80. The first-order valence-corrected chi connectivity index (χ1v) is 11.4. The highest BCUT2D eigenvalue weighted by Gasteiger charge is 2.21. The summed E-state index contributed by atoms with van der Waals surface area (Å²) in [7, 11) is 0. The van der Waals surface area contributed by atoms with Crippen molar-refractivity contribution in [1.29, 1.82) is 0 Å². The van der Waals surface area contributed by atoms with Crippen LogP contribution in [-0.2, 0) is 4.79 Å². The lowest BCUT2D eigenvalue weighted by atomic mass is 9.88. The summed E-state index contributed by atoms with van der Waals surface area (Å²) in [6.45, 7) is 2.35. The van der Waals surface area contributed by atoms with Gasteiger partial charge in [-0.25, -0.2) is 0 Å². The van der Waals surface area contributed by atoms with Gasteiger partial charge in [0.25, 0.3) is 11.8 Å². The number of anilines is 1. The third-order valence-corrected chi connectivity index (χ3v) is 5.52. The average molecular weight is 469 g/mol. The molecule has 4 N–H and O–H groups in total. The van der Waals surface area contributed by atoms with E-state index in [-0.39, 0.29) is 16.9 Å². The van der Waals surface area contributed by atoms with E-state index in [0.29, 0.717) is 29.2 Å². The van der Waals surface area contributed by atoms with Crippen LogP contribution in [0.15, 0.2) is 48.5 Å². The number of rotatable bonds is 6. The van der Waals surface area contributed by atoms with Crippen LogP contribution in [0.4, 0.5) is 5.69 Å². The van der Waals surface area contributed by atoms with E-state index in [0.717, 1.165) is 25.7 Å². The highest BCUT2D eigenvalue weighted by Crippen LogP contribution is 2.25. The Morgan fingerprint density at radius 1 is 0.939 bits per heavy atom. The van der Waals surface area contributed by atoms with Gasteiger partial charge < -0.3 is 10.1 Å². The third-order valence-electron chi connectivity index (χ3n) is 5.31. The van der Waals surface area contributed by atoms with Crippen LogP contribution >= 0.6 is 12.2 Å². The number of ether oxygens (including phenoxy) is 1. The summed E-state index contributed by atoms with van der Waals surface area (Å²) < 4.78 is 5.38. The predicted molar refractivity (Wildman–Crippen MR) is 130 cm³/mol. The normalized spacial score (nSPS) is 13.5. The van der Waals surface area contributed by atoms with Gasteiger partial charge in [-0.2, -0.15) is 0 Å². The van der Waals surface area contributed by atoms with Crippen molar-refractivity contribution in [1.82, 2.24) is 16.2 Å². The van der Waals surface area contributed by atoms with Crippen LogP contribution in [0.1, 0.15) is 59.7 Å². The molecule has 3 amide bonds. The van der Waals surface area contributed by atoms with Crippen molar-refractivity contribution >= 4 is 40.7 Å². The van der Waals surface area contributed by atoms with E-state index in [1.54, 1.807) is 48.5 Å². The number of amides is 3. The number of thiocarbonyl (C=S) groups is 1. The Morgan fingerprint density at radius 3 is 2.36 bits per heavy atom. The molecule has 3 rings (SSSR count). The average Bonchev–Trinajstić information content (AvgIpc) is 2.84. The molecule has 1 fully saturated rings. The second-order valence-corrected chi connectivity index (χ2v) is 8.13. The highest BCUT2D eigenvalue weighted by atomic mass is 32.1. The molecule has 1 aliphatic rings. The van der Waals surface area contributed by atoms with Crippen LogP contribution in [-0.4, -0.2) is 29.4 Å². The minimum absolute atomic E-state index is 0.0291. The van der Waals surface area contributed by atoms with E-state index in [1.165, 1.54) is 6.42 Å². The lowest BCUT2D eigenvalue weighted by Crippen LogP contribution is -2.48. The van der Waals surface area contributed by atoms with Crippen molar-refractivity contribution in [2.45, 2.75) is 39.0 Å². The van der Waals surface area contributed by atoms with Crippen molar-refractivity contribution in [2.75, 3.05) is 11.9 Å². The van der Waals surface area contributed by atoms with Gasteiger partial charge in [-0.1, -0.05) is 25.3 Å². The van der Waals surface area contributed by atoms with Crippen LogP contribution < -0.4 is 26.2 Å². The maximum atomic E-state index is 12.4. The van der Waals surface area contributed by atoms with Crippen LogP contribution in [0.2, 0.25) is 0 Å². The molecule has 9 heteroatoms. The number of hydrogen-bond acceptors (Lipinski definition) is 5. The first-order chi connectivity index (χ1) is 16.0. The lowest BCUT2D eigenvalue weighted by Gasteiger charge is -2.20. The smallest absolute Gasteiger partial charge is 0.269 e. The summed E-state index contributed by atoms with van der Waals surface area (Å²) >= 11 is 5.08. The molecule has 0 aromatic heterocycles. The number of nitrogens with one attached hydrogen (secondary N) is 4. The van der Waals surface area contributed by atoms with Crippen molar-refractivity contribution in [2.24, 2.45) is 5.92 Å². The minimum atomic E-state index is -0.435. The Morgan fingerprint density at radius 2 is 1.67 bits per heavy atom. The Balaban J connectivity index is 1.45. The molecule has 0 atom stereocenters. The number of hydrogen-bond donors (Lipinski definition) is 4. The molecular formula is C24H28N4O4S. The molecule has 0 heterocycles. The molecule has 0 aliphatic heterocycles. The monoisotopic (exact) mass is 468 g/mol. The van der Waals surface area contributed by atoms with Crippen molar-refractivity contribution < 1.29 is 19.1 Å². The number of benzene rings is 2. The third kappa shape index (κ3) is 7.28. The van der Waals surface area contributed by atoms with Gasteiger partial charge in [0.2, 0.25) is 5.91 Å². The summed E-state index contributed by atoms with van der Waals surface area (Å²) in [5, 5.41) is 5.36. The first-order valence-electron chi connectivity index (χ1n) is 11.0. The first kappa shape index (κ1) is 24.2. The van der Waals surface area contributed by atoms with Gasteiger partial charge in [0.15, 0.2) is 5.11 Å². The molecule has 2 aromatic carbocycles. The Labute approximate surface area is 198 Å². The van der Waals surface area contributed by atoms with Crippen molar-refractivity contribution in [3.63, 3.8) is 0 Å². The number of carbonyl (C=O) groups excluding carboxylic acids is 3.